The van der Waals surface area contributed by atoms with Crippen LogP contribution >= 0.6 is 0 Å². The van der Waals surface area contributed by atoms with E-state index >= 15 is 0 Å². The summed E-state index contributed by atoms with van der Waals surface area (Å²) in [6.07, 6.45) is 0.717. The van der Waals surface area contributed by atoms with Crippen LogP contribution in [-0.2, 0) is 10.0 Å². The topological polar surface area (TPSA) is 87.6 Å². The number of hydrogen-bond donors (Lipinski definition) is 2. The molecule has 2 aromatic carbocycles. The Kier molecular flexibility index (Phi) is 6.15. The molecular weight excluding hydrogens is 350 g/mol. The minimum atomic E-state index is -3.81. The van der Waals surface area contributed by atoms with E-state index in [0.29, 0.717) is 12.1 Å². The summed E-state index contributed by atoms with van der Waals surface area (Å²) in [5.74, 6) is -0.457. The van der Waals surface area contributed by atoms with Gasteiger partial charge in [-0.05, 0) is 57.0 Å². The van der Waals surface area contributed by atoms with E-state index in [1.54, 1.807) is 19.1 Å². The van der Waals surface area contributed by atoms with Crippen molar-refractivity contribution in [3.05, 3.63) is 59.2 Å². The lowest BCUT2D eigenvalue weighted by Crippen LogP contribution is -2.20. The second kappa shape index (κ2) is 8.14. The molecule has 0 aliphatic carbocycles. The van der Waals surface area contributed by atoms with E-state index in [4.69, 9.17) is 0 Å². The molecule has 138 valence electrons. The number of benzene rings is 2. The van der Waals surface area contributed by atoms with Crippen molar-refractivity contribution in [2.24, 2.45) is 5.10 Å². The highest BCUT2D eigenvalue weighted by atomic mass is 32.2. The molecule has 0 saturated heterocycles. The summed E-state index contributed by atoms with van der Waals surface area (Å²) in [6, 6.07) is 11.3. The van der Waals surface area contributed by atoms with Gasteiger partial charge in [-0.1, -0.05) is 30.7 Å². The van der Waals surface area contributed by atoms with E-state index in [0.717, 1.165) is 16.8 Å². The molecule has 0 radical (unpaired) electrons. The van der Waals surface area contributed by atoms with Gasteiger partial charge < -0.3 is 0 Å². The van der Waals surface area contributed by atoms with Crippen LogP contribution in [0.15, 0.2) is 52.5 Å². The highest BCUT2D eigenvalue weighted by Crippen LogP contribution is 2.21. The van der Waals surface area contributed by atoms with Crippen LogP contribution in [0.3, 0.4) is 0 Å². The lowest BCUT2D eigenvalue weighted by atomic mass is 10.1. The number of carbonyl (C=O) groups excluding carboxylic acids is 1. The molecule has 2 rings (SSSR count). The second-order valence-electron chi connectivity index (χ2n) is 6.09. The van der Waals surface area contributed by atoms with E-state index in [9.17, 15) is 13.2 Å². The van der Waals surface area contributed by atoms with Gasteiger partial charge in [-0.25, -0.2) is 13.8 Å². The van der Waals surface area contributed by atoms with Gasteiger partial charge in [0.2, 0.25) is 0 Å². The number of hydrazone groups is 1. The number of anilines is 1. The van der Waals surface area contributed by atoms with Gasteiger partial charge in [0.15, 0.2) is 0 Å². The van der Waals surface area contributed by atoms with Gasteiger partial charge >= 0.3 is 0 Å². The minimum Gasteiger partial charge on any atom is -0.279 e. The second-order valence-corrected chi connectivity index (χ2v) is 7.78. The van der Waals surface area contributed by atoms with E-state index in [-0.39, 0.29) is 10.5 Å². The molecule has 0 aliphatic heterocycles. The van der Waals surface area contributed by atoms with Crippen molar-refractivity contribution >= 4 is 27.3 Å². The minimum absolute atomic E-state index is 0.0151. The molecule has 0 spiro atoms. The fraction of sp³-hybridized carbons (Fsp3) is 0.263. The molecule has 0 atom stereocenters. The van der Waals surface area contributed by atoms with Crippen molar-refractivity contribution in [1.82, 2.24) is 5.43 Å². The number of nitrogens with one attached hydrogen (secondary N) is 2. The molecule has 7 heteroatoms. The highest BCUT2D eigenvalue weighted by molar-refractivity contribution is 7.92. The number of rotatable bonds is 6. The first-order chi connectivity index (χ1) is 12.2. The molecule has 1 amide bonds. The van der Waals surface area contributed by atoms with Crippen molar-refractivity contribution in [1.29, 1.82) is 0 Å². The molecule has 26 heavy (non-hydrogen) atoms. The molecule has 2 aromatic rings. The van der Waals surface area contributed by atoms with Crippen LogP contribution in [0.4, 0.5) is 5.69 Å². The summed E-state index contributed by atoms with van der Waals surface area (Å²) in [4.78, 5) is 12.2. The Morgan fingerprint density at radius 2 is 1.85 bits per heavy atom. The number of hydrogen-bond acceptors (Lipinski definition) is 4. The van der Waals surface area contributed by atoms with Crippen LogP contribution in [0.2, 0.25) is 0 Å². The average molecular weight is 373 g/mol. The summed E-state index contributed by atoms with van der Waals surface area (Å²) in [7, 11) is -3.81. The number of carbonyl (C=O) groups is 1. The van der Waals surface area contributed by atoms with E-state index < -0.39 is 15.9 Å². The quantitative estimate of drug-likeness (QED) is 0.599. The molecule has 0 heterocycles. The fourth-order valence-electron chi connectivity index (χ4n) is 2.23. The van der Waals surface area contributed by atoms with Crippen LogP contribution < -0.4 is 10.1 Å². The van der Waals surface area contributed by atoms with Gasteiger partial charge in [0.25, 0.3) is 15.9 Å². The predicted molar refractivity (Wildman–Crippen MR) is 104 cm³/mol. The van der Waals surface area contributed by atoms with Crippen molar-refractivity contribution in [2.45, 2.75) is 39.0 Å². The number of aryl methyl sites for hydroxylation is 2. The maximum Gasteiger partial charge on any atom is 0.271 e. The van der Waals surface area contributed by atoms with E-state index in [1.807, 2.05) is 32.9 Å². The predicted octanol–water partition coefficient (Wildman–Crippen LogP) is 3.62. The van der Waals surface area contributed by atoms with Crippen LogP contribution in [0.25, 0.3) is 0 Å². The number of amides is 1. The Hall–Kier alpha value is -2.67. The molecule has 0 aliphatic rings. The van der Waals surface area contributed by atoms with E-state index in [1.165, 1.54) is 18.2 Å². The Balaban J connectivity index is 2.26. The summed E-state index contributed by atoms with van der Waals surface area (Å²) in [6.45, 7) is 7.50. The van der Waals surface area contributed by atoms with Gasteiger partial charge in [0, 0.05) is 11.3 Å². The molecule has 6 nitrogen and oxygen atoms in total. The SMILES string of the molecule is CC/C(C)=N\NC(=O)c1cccc(S(=O)(=O)Nc2ccc(C)cc2C)c1. The molecular formula is C19H23N3O3S. The van der Waals surface area contributed by atoms with Crippen LogP contribution in [0, 0.1) is 13.8 Å². The summed E-state index contributed by atoms with van der Waals surface area (Å²) in [5, 5.41) is 3.95. The third-order valence-electron chi connectivity index (χ3n) is 3.89. The average Bonchev–Trinajstić information content (AvgIpc) is 2.61. The van der Waals surface area contributed by atoms with Gasteiger partial charge in [0.05, 0.1) is 10.6 Å². The third-order valence-corrected chi connectivity index (χ3v) is 5.26. The van der Waals surface area contributed by atoms with E-state index in [2.05, 4.69) is 15.2 Å². The molecule has 0 saturated carbocycles. The molecule has 0 bridgehead atoms. The normalized spacial score (nSPS) is 11.9. The zero-order chi connectivity index (χ0) is 19.3. The Morgan fingerprint density at radius 3 is 2.50 bits per heavy atom. The van der Waals surface area contributed by atoms with Crippen LogP contribution in [0.1, 0.15) is 41.8 Å². The standard InChI is InChI=1S/C19H23N3O3S/c1-5-15(4)20-21-19(23)16-7-6-8-17(12-16)26(24,25)22-18-10-9-13(2)11-14(18)3/h6-12,22H,5H2,1-4H3,(H,21,23)/b20-15-. The maximum atomic E-state index is 12.7. The van der Waals surface area contributed by atoms with Crippen molar-refractivity contribution in [3.8, 4) is 0 Å². The lowest BCUT2D eigenvalue weighted by molar-refractivity contribution is 0.0954. The maximum absolute atomic E-state index is 12.7. The largest absolute Gasteiger partial charge is 0.279 e. The monoisotopic (exact) mass is 373 g/mol. The number of sulfonamides is 1. The Labute approximate surface area is 154 Å². The molecule has 0 unspecified atom stereocenters. The first-order valence-electron chi connectivity index (χ1n) is 8.26. The van der Waals surface area contributed by atoms with Crippen molar-refractivity contribution in [2.75, 3.05) is 4.72 Å². The van der Waals surface area contributed by atoms with Crippen molar-refractivity contribution < 1.29 is 13.2 Å². The zero-order valence-corrected chi connectivity index (χ0v) is 16.1. The smallest absolute Gasteiger partial charge is 0.271 e. The summed E-state index contributed by atoms with van der Waals surface area (Å²) in [5.41, 5.74) is 5.81. The summed E-state index contributed by atoms with van der Waals surface area (Å²) >= 11 is 0. The Bertz CT molecular complexity index is 950. The zero-order valence-electron chi connectivity index (χ0n) is 15.3. The lowest BCUT2D eigenvalue weighted by Gasteiger charge is -2.12. The van der Waals surface area contributed by atoms with Crippen LogP contribution in [-0.4, -0.2) is 20.0 Å². The van der Waals surface area contributed by atoms with Crippen molar-refractivity contribution in [3.63, 3.8) is 0 Å². The molecule has 2 N–H and O–H groups in total. The van der Waals surface area contributed by atoms with Gasteiger partial charge in [-0.15, -0.1) is 0 Å². The van der Waals surface area contributed by atoms with Gasteiger partial charge in [-0.3, -0.25) is 9.52 Å². The Morgan fingerprint density at radius 1 is 1.12 bits per heavy atom. The van der Waals surface area contributed by atoms with Crippen LogP contribution in [0.5, 0.6) is 0 Å². The fourth-order valence-corrected chi connectivity index (χ4v) is 3.40. The molecule has 0 aromatic heterocycles. The first kappa shape index (κ1) is 19.7. The van der Waals surface area contributed by atoms with Gasteiger partial charge in [-0.2, -0.15) is 5.10 Å². The third kappa shape index (κ3) is 4.92. The summed E-state index contributed by atoms with van der Waals surface area (Å²) < 4.78 is 27.9. The number of nitrogens with zero attached hydrogens (tertiary/aromatic N) is 1. The highest BCUT2D eigenvalue weighted by Gasteiger charge is 2.17. The first-order valence-corrected chi connectivity index (χ1v) is 9.75. The molecule has 0 fully saturated rings. The van der Waals surface area contributed by atoms with Gasteiger partial charge in [0.1, 0.15) is 0 Å².